The van der Waals surface area contributed by atoms with Crippen LogP contribution >= 0.6 is 0 Å². The quantitative estimate of drug-likeness (QED) is 0.545. The molecule has 1 aliphatic carbocycles. The SMILES string of the molecule is C=C(N)/C=C\C(=N)C(=C)N1CCC2(CCC(/C=C(\C)F)=C(C)C2)CC1. The van der Waals surface area contributed by atoms with Crippen LogP contribution in [0.25, 0.3) is 0 Å². The smallest absolute Gasteiger partial charge is 0.0971 e. The fourth-order valence-electron chi connectivity index (χ4n) is 3.95. The number of hydrogen-bond acceptors (Lipinski definition) is 3. The molecule has 0 radical (unpaired) electrons. The molecule has 3 nitrogen and oxygen atoms in total. The second kappa shape index (κ2) is 7.85. The molecule has 1 aliphatic heterocycles. The van der Waals surface area contributed by atoms with Crippen molar-refractivity contribution in [1.82, 2.24) is 4.90 Å². The monoisotopic (exact) mass is 343 g/mol. The van der Waals surface area contributed by atoms with E-state index in [0.29, 0.717) is 16.8 Å². The predicted molar refractivity (Wildman–Crippen MR) is 104 cm³/mol. The van der Waals surface area contributed by atoms with Gasteiger partial charge in [0.1, 0.15) is 0 Å². The largest absolute Gasteiger partial charge is 0.399 e. The molecule has 0 aromatic heterocycles. The minimum atomic E-state index is -0.108. The lowest BCUT2D eigenvalue weighted by molar-refractivity contribution is 0.114. The van der Waals surface area contributed by atoms with Crippen LogP contribution in [-0.2, 0) is 0 Å². The summed E-state index contributed by atoms with van der Waals surface area (Å²) in [5, 5.41) is 8.11. The van der Waals surface area contributed by atoms with Crippen molar-refractivity contribution >= 4 is 5.71 Å². The van der Waals surface area contributed by atoms with Crippen molar-refractivity contribution < 1.29 is 4.39 Å². The third kappa shape index (κ3) is 4.94. The molecule has 3 N–H and O–H groups in total. The zero-order valence-electron chi connectivity index (χ0n) is 15.5. The summed E-state index contributed by atoms with van der Waals surface area (Å²) in [6.45, 7) is 13.2. The van der Waals surface area contributed by atoms with Crippen molar-refractivity contribution in [3.05, 3.63) is 59.8 Å². The van der Waals surface area contributed by atoms with E-state index in [1.807, 2.05) is 0 Å². The molecular weight excluding hydrogens is 313 g/mol. The summed E-state index contributed by atoms with van der Waals surface area (Å²) in [6.07, 6.45) is 10.3. The highest BCUT2D eigenvalue weighted by Gasteiger charge is 2.37. The Hall–Kier alpha value is -2.10. The molecule has 0 aromatic rings. The maximum absolute atomic E-state index is 13.2. The molecule has 25 heavy (non-hydrogen) atoms. The van der Waals surface area contributed by atoms with Crippen LogP contribution in [0.3, 0.4) is 0 Å². The van der Waals surface area contributed by atoms with Gasteiger partial charge in [0, 0.05) is 18.8 Å². The lowest BCUT2D eigenvalue weighted by atomic mass is 9.66. The van der Waals surface area contributed by atoms with Crippen LogP contribution in [0.4, 0.5) is 4.39 Å². The second-order valence-electron chi connectivity index (χ2n) is 7.47. The van der Waals surface area contributed by atoms with Crippen LogP contribution in [0, 0.1) is 10.8 Å². The first-order valence-electron chi connectivity index (χ1n) is 8.90. The van der Waals surface area contributed by atoms with Gasteiger partial charge in [0.15, 0.2) is 0 Å². The number of rotatable bonds is 5. The van der Waals surface area contributed by atoms with Gasteiger partial charge < -0.3 is 10.6 Å². The van der Waals surface area contributed by atoms with Crippen LogP contribution in [0.1, 0.15) is 46.0 Å². The molecule has 0 amide bonds. The van der Waals surface area contributed by atoms with E-state index in [-0.39, 0.29) is 5.83 Å². The molecule has 0 bridgehead atoms. The van der Waals surface area contributed by atoms with E-state index in [0.717, 1.165) is 50.9 Å². The molecular formula is C21H30FN3. The molecule has 0 atom stereocenters. The Labute approximate surface area is 151 Å². The van der Waals surface area contributed by atoms with E-state index in [1.54, 1.807) is 18.2 Å². The molecule has 1 saturated heterocycles. The zero-order chi connectivity index (χ0) is 18.6. The summed E-state index contributed by atoms with van der Waals surface area (Å²) in [6, 6.07) is 0. The van der Waals surface area contributed by atoms with Crippen molar-refractivity contribution in [1.29, 1.82) is 5.41 Å². The minimum Gasteiger partial charge on any atom is -0.399 e. The van der Waals surface area contributed by atoms with E-state index in [9.17, 15) is 4.39 Å². The van der Waals surface area contributed by atoms with Gasteiger partial charge in [0.2, 0.25) is 0 Å². The Kier molecular flexibility index (Phi) is 6.04. The summed E-state index contributed by atoms with van der Waals surface area (Å²) in [4.78, 5) is 2.19. The fourth-order valence-corrected chi connectivity index (χ4v) is 3.95. The predicted octanol–water partition coefficient (Wildman–Crippen LogP) is 5.00. The summed E-state index contributed by atoms with van der Waals surface area (Å²) in [5.41, 5.74) is 9.90. The van der Waals surface area contributed by atoms with Crippen LogP contribution in [0.2, 0.25) is 0 Å². The number of nitrogens with one attached hydrogen (secondary N) is 1. The standard InChI is InChI=1S/C21H30FN3/c1-15-14-21(8-7-19(15)13-16(2)22)9-11-25(12-10-21)18(4)20(24)6-5-17(3)23/h5-6,13,24H,3-4,7-12,14,23H2,1-2H3/b6-5-,16-13+,24-20?. The van der Waals surface area contributed by atoms with E-state index in [2.05, 4.69) is 25.0 Å². The van der Waals surface area contributed by atoms with Crippen molar-refractivity contribution in [3.8, 4) is 0 Å². The van der Waals surface area contributed by atoms with Crippen molar-refractivity contribution in [2.24, 2.45) is 11.1 Å². The Morgan fingerprint density at radius 2 is 1.88 bits per heavy atom. The summed E-state index contributed by atoms with van der Waals surface area (Å²) in [5.74, 6) is -0.108. The van der Waals surface area contributed by atoms with Gasteiger partial charge in [-0.3, -0.25) is 5.41 Å². The second-order valence-corrected chi connectivity index (χ2v) is 7.47. The molecule has 0 unspecified atom stereocenters. The average Bonchev–Trinajstić information content (AvgIpc) is 2.55. The number of allylic oxidation sites excluding steroid dienone is 6. The van der Waals surface area contributed by atoms with Gasteiger partial charge in [-0.15, -0.1) is 0 Å². The lowest BCUT2D eigenvalue weighted by Gasteiger charge is -2.46. The number of nitrogens with two attached hydrogens (primary N) is 1. The molecule has 0 aromatic carbocycles. The Bertz CT molecular complexity index is 655. The summed E-state index contributed by atoms with van der Waals surface area (Å²) >= 11 is 0. The normalized spacial score (nSPS) is 21.1. The van der Waals surface area contributed by atoms with E-state index >= 15 is 0 Å². The van der Waals surface area contributed by atoms with E-state index in [4.69, 9.17) is 11.1 Å². The van der Waals surface area contributed by atoms with E-state index in [1.165, 1.54) is 18.1 Å². The van der Waals surface area contributed by atoms with Gasteiger partial charge in [-0.05, 0) is 75.2 Å². The summed E-state index contributed by atoms with van der Waals surface area (Å²) < 4.78 is 13.2. The van der Waals surface area contributed by atoms with Gasteiger partial charge in [0.05, 0.1) is 17.2 Å². The Morgan fingerprint density at radius 1 is 1.24 bits per heavy atom. The maximum Gasteiger partial charge on any atom is 0.0971 e. The first kappa shape index (κ1) is 19.2. The number of halogens is 1. The minimum absolute atomic E-state index is 0.108. The van der Waals surface area contributed by atoms with Crippen LogP contribution < -0.4 is 5.73 Å². The number of hydrogen-bond donors (Lipinski definition) is 2. The Morgan fingerprint density at radius 3 is 2.40 bits per heavy atom. The van der Waals surface area contributed by atoms with Gasteiger partial charge in [-0.1, -0.05) is 18.7 Å². The number of nitrogens with zero attached hydrogens (tertiary/aromatic N) is 1. The molecule has 2 aliphatic rings. The number of piperidine rings is 1. The first-order chi connectivity index (χ1) is 11.7. The lowest BCUT2D eigenvalue weighted by Crippen LogP contribution is -2.41. The van der Waals surface area contributed by atoms with Crippen LogP contribution in [0.5, 0.6) is 0 Å². The van der Waals surface area contributed by atoms with Crippen LogP contribution in [0.15, 0.2) is 59.8 Å². The molecule has 1 spiro atoms. The van der Waals surface area contributed by atoms with Crippen molar-refractivity contribution in [2.75, 3.05) is 13.1 Å². The van der Waals surface area contributed by atoms with Gasteiger partial charge in [0.25, 0.3) is 0 Å². The third-order valence-corrected chi connectivity index (χ3v) is 5.47. The van der Waals surface area contributed by atoms with Gasteiger partial charge >= 0.3 is 0 Å². The molecule has 2 rings (SSSR count). The molecule has 1 fully saturated rings. The third-order valence-electron chi connectivity index (χ3n) is 5.47. The average molecular weight is 343 g/mol. The zero-order valence-corrected chi connectivity index (χ0v) is 15.5. The molecule has 136 valence electrons. The molecule has 0 saturated carbocycles. The number of likely N-dealkylation sites (tertiary alicyclic amines) is 1. The Balaban J connectivity index is 1.97. The van der Waals surface area contributed by atoms with Crippen molar-refractivity contribution in [3.63, 3.8) is 0 Å². The van der Waals surface area contributed by atoms with Gasteiger partial charge in [-0.2, -0.15) is 0 Å². The van der Waals surface area contributed by atoms with Crippen molar-refractivity contribution in [2.45, 2.75) is 46.0 Å². The highest BCUT2D eigenvalue weighted by atomic mass is 19.1. The fraction of sp³-hybridized carbons (Fsp3) is 0.476. The maximum atomic E-state index is 13.2. The highest BCUT2D eigenvalue weighted by molar-refractivity contribution is 6.05. The highest BCUT2D eigenvalue weighted by Crippen LogP contribution is 2.47. The van der Waals surface area contributed by atoms with Crippen LogP contribution in [-0.4, -0.2) is 23.7 Å². The van der Waals surface area contributed by atoms with E-state index < -0.39 is 0 Å². The molecule has 1 heterocycles. The first-order valence-corrected chi connectivity index (χ1v) is 8.90. The van der Waals surface area contributed by atoms with Gasteiger partial charge in [-0.25, -0.2) is 4.39 Å². The molecule has 4 heteroatoms. The summed E-state index contributed by atoms with van der Waals surface area (Å²) in [7, 11) is 0. The topological polar surface area (TPSA) is 53.1 Å².